The van der Waals surface area contributed by atoms with Crippen molar-refractivity contribution in [2.45, 2.75) is 39.7 Å². The van der Waals surface area contributed by atoms with Gasteiger partial charge in [0.25, 0.3) is 0 Å². The van der Waals surface area contributed by atoms with Crippen molar-refractivity contribution in [3.63, 3.8) is 0 Å². The number of nitrogens with zero attached hydrogens (tertiary/aromatic N) is 1. The van der Waals surface area contributed by atoms with Gasteiger partial charge in [0, 0.05) is 30.9 Å². The molecule has 0 saturated heterocycles. The second-order valence-electron chi connectivity index (χ2n) is 5.34. The Morgan fingerprint density at radius 2 is 2.12 bits per heavy atom. The van der Waals surface area contributed by atoms with Crippen LogP contribution in [0.3, 0.4) is 0 Å². The Kier molecular flexibility index (Phi) is 2.81. The van der Waals surface area contributed by atoms with Crippen molar-refractivity contribution in [1.82, 2.24) is 4.57 Å². The molecule has 1 aromatic heterocycles. The van der Waals surface area contributed by atoms with Crippen LogP contribution in [0.1, 0.15) is 42.6 Å². The summed E-state index contributed by atoms with van der Waals surface area (Å²) < 4.78 is 1.84. The first-order valence-electron chi connectivity index (χ1n) is 5.85. The van der Waals surface area contributed by atoms with Crippen LogP contribution in [-0.4, -0.2) is 21.4 Å². The molecule has 0 saturated carbocycles. The van der Waals surface area contributed by atoms with Crippen LogP contribution in [0.4, 0.5) is 0 Å². The SMILES string of the molecule is CC(C)(Cn1cc2c(c1)C(=O)CCC2)C(=O)O. The maximum absolute atomic E-state index is 11.7. The molecule has 0 amide bonds. The molecule has 0 bridgehead atoms. The summed E-state index contributed by atoms with van der Waals surface area (Å²) in [5.41, 5.74) is 1.02. The summed E-state index contributed by atoms with van der Waals surface area (Å²) in [5, 5.41) is 9.08. The first-order chi connectivity index (χ1) is 7.90. The van der Waals surface area contributed by atoms with Crippen LogP contribution in [0.5, 0.6) is 0 Å². The number of carbonyl (C=O) groups is 2. The van der Waals surface area contributed by atoms with Crippen molar-refractivity contribution in [3.05, 3.63) is 23.5 Å². The number of carbonyl (C=O) groups excluding carboxylic acids is 1. The topological polar surface area (TPSA) is 59.3 Å². The predicted molar refractivity (Wildman–Crippen MR) is 63.1 cm³/mol. The van der Waals surface area contributed by atoms with Gasteiger partial charge in [0.05, 0.1) is 5.41 Å². The molecular weight excluding hydrogens is 218 g/mol. The highest BCUT2D eigenvalue weighted by atomic mass is 16.4. The van der Waals surface area contributed by atoms with E-state index in [9.17, 15) is 9.59 Å². The molecule has 17 heavy (non-hydrogen) atoms. The number of aliphatic carboxylic acids is 1. The lowest BCUT2D eigenvalue weighted by atomic mass is 9.94. The number of carboxylic acid groups (broad SMARTS) is 1. The third-order valence-electron chi connectivity index (χ3n) is 3.27. The third-order valence-corrected chi connectivity index (χ3v) is 3.27. The lowest BCUT2D eigenvalue weighted by molar-refractivity contribution is -0.147. The largest absolute Gasteiger partial charge is 0.481 e. The molecule has 2 rings (SSSR count). The Hall–Kier alpha value is -1.58. The van der Waals surface area contributed by atoms with Gasteiger partial charge >= 0.3 is 5.97 Å². The number of hydrogen-bond donors (Lipinski definition) is 1. The molecule has 0 radical (unpaired) electrons. The van der Waals surface area contributed by atoms with Crippen LogP contribution in [0.15, 0.2) is 12.4 Å². The Balaban J connectivity index is 2.24. The Morgan fingerprint density at radius 3 is 2.71 bits per heavy atom. The molecule has 1 aromatic rings. The minimum atomic E-state index is -0.824. The van der Waals surface area contributed by atoms with Gasteiger partial charge in [0.1, 0.15) is 0 Å². The van der Waals surface area contributed by atoms with Gasteiger partial charge in [-0.05, 0) is 32.3 Å². The van der Waals surface area contributed by atoms with Crippen LogP contribution >= 0.6 is 0 Å². The normalized spacial score (nSPS) is 15.8. The summed E-state index contributed by atoms with van der Waals surface area (Å²) in [6, 6.07) is 0. The molecule has 0 fully saturated rings. The Bertz CT molecular complexity index is 471. The molecule has 1 aliphatic carbocycles. The van der Waals surface area contributed by atoms with E-state index in [2.05, 4.69) is 0 Å². The fourth-order valence-electron chi connectivity index (χ4n) is 2.20. The first kappa shape index (κ1) is 11.9. The van der Waals surface area contributed by atoms with Crippen LogP contribution < -0.4 is 0 Å². The Labute approximate surface area is 100 Å². The first-order valence-corrected chi connectivity index (χ1v) is 5.85. The predicted octanol–water partition coefficient (Wildman–Crippen LogP) is 2.12. The summed E-state index contributed by atoms with van der Waals surface area (Å²) >= 11 is 0. The van der Waals surface area contributed by atoms with Crippen molar-refractivity contribution >= 4 is 11.8 Å². The molecule has 1 heterocycles. The highest BCUT2D eigenvalue weighted by molar-refractivity contribution is 5.98. The number of hydrogen-bond acceptors (Lipinski definition) is 2. The van der Waals surface area contributed by atoms with E-state index in [1.807, 2.05) is 10.8 Å². The molecule has 1 aliphatic rings. The van der Waals surface area contributed by atoms with Gasteiger partial charge in [-0.3, -0.25) is 9.59 Å². The van der Waals surface area contributed by atoms with Crippen molar-refractivity contribution in [1.29, 1.82) is 0 Å². The number of rotatable bonds is 3. The summed E-state index contributed by atoms with van der Waals surface area (Å²) in [6.07, 6.45) is 6.14. The van der Waals surface area contributed by atoms with E-state index in [4.69, 9.17) is 5.11 Å². The minimum Gasteiger partial charge on any atom is -0.481 e. The molecule has 0 spiro atoms. The zero-order chi connectivity index (χ0) is 12.6. The van der Waals surface area contributed by atoms with E-state index in [0.717, 1.165) is 24.0 Å². The third kappa shape index (κ3) is 2.25. The maximum Gasteiger partial charge on any atom is 0.310 e. The molecule has 0 aromatic carbocycles. The van der Waals surface area contributed by atoms with E-state index in [1.165, 1.54) is 0 Å². The average Bonchev–Trinajstić information content (AvgIpc) is 2.60. The lowest BCUT2D eigenvalue weighted by Crippen LogP contribution is -2.28. The summed E-state index contributed by atoms with van der Waals surface area (Å²) in [6.45, 7) is 3.77. The molecule has 92 valence electrons. The smallest absolute Gasteiger partial charge is 0.310 e. The molecular formula is C13H17NO3. The average molecular weight is 235 g/mol. The second-order valence-corrected chi connectivity index (χ2v) is 5.34. The van der Waals surface area contributed by atoms with E-state index < -0.39 is 11.4 Å². The Morgan fingerprint density at radius 1 is 1.41 bits per heavy atom. The summed E-state index contributed by atoms with van der Waals surface area (Å²) in [4.78, 5) is 22.7. The van der Waals surface area contributed by atoms with Gasteiger partial charge < -0.3 is 9.67 Å². The zero-order valence-corrected chi connectivity index (χ0v) is 10.2. The fraction of sp³-hybridized carbons (Fsp3) is 0.538. The molecule has 4 heteroatoms. The molecule has 4 nitrogen and oxygen atoms in total. The van der Waals surface area contributed by atoms with Crippen LogP contribution in [-0.2, 0) is 17.8 Å². The van der Waals surface area contributed by atoms with Crippen LogP contribution in [0.25, 0.3) is 0 Å². The highest BCUT2D eigenvalue weighted by Crippen LogP contribution is 2.25. The van der Waals surface area contributed by atoms with Gasteiger partial charge in [0.2, 0.25) is 0 Å². The summed E-state index contributed by atoms with van der Waals surface area (Å²) in [5.74, 6) is -0.645. The van der Waals surface area contributed by atoms with Crippen molar-refractivity contribution in [2.24, 2.45) is 5.41 Å². The number of carboxylic acids is 1. The molecule has 1 N–H and O–H groups in total. The van der Waals surface area contributed by atoms with Crippen molar-refractivity contribution in [3.8, 4) is 0 Å². The number of ketones is 1. The molecule has 0 aliphatic heterocycles. The van der Waals surface area contributed by atoms with Crippen LogP contribution in [0, 0.1) is 5.41 Å². The van der Waals surface area contributed by atoms with E-state index in [-0.39, 0.29) is 5.78 Å². The van der Waals surface area contributed by atoms with Gasteiger partial charge in [-0.1, -0.05) is 0 Å². The number of aryl methyl sites for hydroxylation is 1. The van der Waals surface area contributed by atoms with E-state index in [0.29, 0.717) is 13.0 Å². The quantitative estimate of drug-likeness (QED) is 0.873. The van der Waals surface area contributed by atoms with E-state index >= 15 is 0 Å². The fourth-order valence-corrected chi connectivity index (χ4v) is 2.20. The van der Waals surface area contributed by atoms with Crippen molar-refractivity contribution < 1.29 is 14.7 Å². The van der Waals surface area contributed by atoms with Crippen molar-refractivity contribution in [2.75, 3.05) is 0 Å². The number of Topliss-reactive ketones (excluding diaryl/α,β-unsaturated/α-hetero) is 1. The van der Waals surface area contributed by atoms with E-state index in [1.54, 1.807) is 20.0 Å². The number of aromatic nitrogens is 1. The van der Waals surface area contributed by atoms with Gasteiger partial charge in [-0.15, -0.1) is 0 Å². The summed E-state index contributed by atoms with van der Waals surface area (Å²) in [7, 11) is 0. The molecule has 0 unspecified atom stereocenters. The highest BCUT2D eigenvalue weighted by Gasteiger charge is 2.28. The van der Waals surface area contributed by atoms with Gasteiger partial charge in [-0.2, -0.15) is 0 Å². The lowest BCUT2D eigenvalue weighted by Gasteiger charge is -2.19. The molecule has 0 atom stereocenters. The zero-order valence-electron chi connectivity index (χ0n) is 10.2. The monoisotopic (exact) mass is 235 g/mol. The standard InChI is InChI=1S/C13H17NO3/c1-13(2,12(16)17)8-14-6-9-4-3-5-11(15)10(9)7-14/h6-7H,3-5,8H2,1-2H3,(H,16,17). The van der Waals surface area contributed by atoms with Gasteiger partial charge in [0.15, 0.2) is 5.78 Å². The maximum atomic E-state index is 11.7. The number of fused-ring (bicyclic) bond motifs is 1. The minimum absolute atomic E-state index is 0.179. The van der Waals surface area contributed by atoms with Gasteiger partial charge in [-0.25, -0.2) is 0 Å². The van der Waals surface area contributed by atoms with Crippen LogP contribution in [0.2, 0.25) is 0 Å². The second kappa shape index (κ2) is 4.02.